The number of aliphatic hydroxyl groups is 1. The summed E-state index contributed by atoms with van der Waals surface area (Å²) in [5, 5.41) is 9.41. The Labute approximate surface area is 127 Å². The van der Waals surface area contributed by atoms with Crippen LogP contribution >= 0.6 is 0 Å². The molecule has 3 nitrogen and oxygen atoms in total. The van der Waals surface area contributed by atoms with Crippen molar-refractivity contribution in [2.24, 2.45) is 5.73 Å². The summed E-state index contributed by atoms with van der Waals surface area (Å²) in [4.78, 5) is 2.30. The molecule has 0 saturated carbocycles. The van der Waals surface area contributed by atoms with Gasteiger partial charge in [-0.2, -0.15) is 0 Å². The molecule has 0 aliphatic carbocycles. The lowest BCUT2D eigenvalue weighted by atomic mass is 10.0. The molecule has 0 aliphatic heterocycles. The second-order valence-electron chi connectivity index (χ2n) is 5.18. The van der Waals surface area contributed by atoms with Gasteiger partial charge in [0.15, 0.2) is 0 Å². The summed E-state index contributed by atoms with van der Waals surface area (Å²) in [6.07, 6.45) is 0.886. The number of hydrogen-bond donors (Lipinski definition) is 2. The number of aliphatic hydroxyl groups excluding tert-OH is 1. The minimum Gasteiger partial charge on any atom is -0.395 e. The molecular weight excluding hydrogens is 260 g/mol. The molecule has 1 atom stereocenters. The second-order valence-corrected chi connectivity index (χ2v) is 5.18. The van der Waals surface area contributed by atoms with Crippen molar-refractivity contribution < 1.29 is 5.11 Å². The molecule has 112 valence electrons. The molecule has 3 N–H and O–H groups in total. The molecule has 0 bridgehead atoms. The molecule has 2 aromatic rings. The standard InChI is InChI=1S/C18H24N2O/c19-12-11-18(17-9-5-2-6-10-17)20(13-14-21)15-16-7-3-1-4-8-16/h1-10,18,21H,11-15,19H2. The Hall–Kier alpha value is -1.68. The molecular formula is C18H24N2O. The van der Waals surface area contributed by atoms with E-state index in [9.17, 15) is 5.11 Å². The molecule has 3 heteroatoms. The fraction of sp³-hybridized carbons (Fsp3) is 0.333. The highest BCUT2D eigenvalue weighted by atomic mass is 16.3. The van der Waals surface area contributed by atoms with Crippen LogP contribution in [-0.4, -0.2) is 29.7 Å². The van der Waals surface area contributed by atoms with Gasteiger partial charge in [0.1, 0.15) is 0 Å². The van der Waals surface area contributed by atoms with Crippen molar-refractivity contribution in [2.75, 3.05) is 19.7 Å². The van der Waals surface area contributed by atoms with Gasteiger partial charge in [0.05, 0.1) is 6.61 Å². The first-order chi connectivity index (χ1) is 10.3. The summed E-state index contributed by atoms with van der Waals surface area (Å²) in [5.41, 5.74) is 8.32. The Kier molecular flexibility index (Phi) is 6.41. The fourth-order valence-electron chi connectivity index (χ4n) is 2.68. The molecule has 2 aromatic carbocycles. The molecule has 0 saturated heterocycles. The normalized spacial score (nSPS) is 12.5. The van der Waals surface area contributed by atoms with E-state index in [2.05, 4.69) is 41.3 Å². The second kappa shape index (κ2) is 8.57. The van der Waals surface area contributed by atoms with Crippen LogP contribution in [-0.2, 0) is 6.54 Å². The summed E-state index contributed by atoms with van der Waals surface area (Å²) in [7, 11) is 0. The molecule has 0 spiro atoms. The minimum atomic E-state index is 0.154. The highest BCUT2D eigenvalue weighted by Gasteiger charge is 2.19. The SMILES string of the molecule is NCCC(c1ccccc1)N(CCO)Cc1ccccc1. The lowest BCUT2D eigenvalue weighted by Crippen LogP contribution is -2.32. The monoisotopic (exact) mass is 284 g/mol. The van der Waals surface area contributed by atoms with Crippen molar-refractivity contribution in [1.82, 2.24) is 4.90 Å². The number of nitrogens with two attached hydrogens (primary N) is 1. The van der Waals surface area contributed by atoms with Crippen molar-refractivity contribution in [3.05, 3.63) is 71.8 Å². The van der Waals surface area contributed by atoms with Gasteiger partial charge < -0.3 is 10.8 Å². The number of hydrogen-bond acceptors (Lipinski definition) is 3. The first-order valence-electron chi connectivity index (χ1n) is 7.49. The average molecular weight is 284 g/mol. The van der Waals surface area contributed by atoms with Gasteiger partial charge in [0.2, 0.25) is 0 Å². The van der Waals surface area contributed by atoms with Crippen LogP contribution in [0.1, 0.15) is 23.6 Å². The Morgan fingerprint density at radius 3 is 2.14 bits per heavy atom. The highest BCUT2D eigenvalue weighted by Crippen LogP contribution is 2.25. The minimum absolute atomic E-state index is 0.154. The van der Waals surface area contributed by atoms with E-state index >= 15 is 0 Å². The molecule has 2 rings (SSSR count). The fourth-order valence-corrected chi connectivity index (χ4v) is 2.68. The molecule has 21 heavy (non-hydrogen) atoms. The maximum absolute atomic E-state index is 9.41. The first kappa shape index (κ1) is 15.7. The van der Waals surface area contributed by atoms with Gasteiger partial charge in [-0.3, -0.25) is 4.90 Å². The molecule has 1 unspecified atom stereocenters. The Bertz CT molecular complexity index is 501. The van der Waals surface area contributed by atoms with E-state index in [1.165, 1.54) is 11.1 Å². The van der Waals surface area contributed by atoms with E-state index in [0.29, 0.717) is 13.1 Å². The first-order valence-corrected chi connectivity index (χ1v) is 7.49. The van der Waals surface area contributed by atoms with Crippen LogP contribution in [0.3, 0.4) is 0 Å². The smallest absolute Gasteiger partial charge is 0.0558 e. The van der Waals surface area contributed by atoms with Gasteiger partial charge in [-0.1, -0.05) is 60.7 Å². The third-order valence-corrected chi connectivity index (χ3v) is 3.68. The maximum atomic E-state index is 9.41. The van der Waals surface area contributed by atoms with Gasteiger partial charge in [0.25, 0.3) is 0 Å². The van der Waals surface area contributed by atoms with Crippen molar-refractivity contribution >= 4 is 0 Å². The largest absolute Gasteiger partial charge is 0.395 e. The zero-order valence-corrected chi connectivity index (χ0v) is 12.4. The molecule has 0 amide bonds. The van der Waals surface area contributed by atoms with E-state index in [1.54, 1.807) is 0 Å². The van der Waals surface area contributed by atoms with Gasteiger partial charge in [-0.05, 0) is 24.1 Å². The summed E-state index contributed by atoms with van der Waals surface area (Å²) >= 11 is 0. The summed E-state index contributed by atoms with van der Waals surface area (Å²) in [6, 6.07) is 21.0. The number of nitrogens with zero attached hydrogens (tertiary/aromatic N) is 1. The van der Waals surface area contributed by atoms with Crippen LogP contribution in [0.2, 0.25) is 0 Å². The predicted molar refractivity (Wildman–Crippen MR) is 86.8 cm³/mol. The lowest BCUT2D eigenvalue weighted by molar-refractivity contribution is 0.138. The Morgan fingerprint density at radius 2 is 1.57 bits per heavy atom. The van der Waals surface area contributed by atoms with E-state index in [0.717, 1.165) is 13.0 Å². The molecule has 0 fully saturated rings. The average Bonchev–Trinajstić information content (AvgIpc) is 2.54. The van der Waals surface area contributed by atoms with Gasteiger partial charge in [-0.15, -0.1) is 0 Å². The van der Waals surface area contributed by atoms with Crippen LogP contribution in [0.4, 0.5) is 0 Å². The van der Waals surface area contributed by atoms with Crippen molar-refractivity contribution in [2.45, 2.75) is 19.0 Å². The van der Waals surface area contributed by atoms with Crippen LogP contribution in [0.15, 0.2) is 60.7 Å². The van der Waals surface area contributed by atoms with Crippen LogP contribution in [0.5, 0.6) is 0 Å². The predicted octanol–water partition coefficient (Wildman–Crippen LogP) is 2.57. The van der Waals surface area contributed by atoms with Crippen LogP contribution < -0.4 is 5.73 Å². The zero-order chi connectivity index (χ0) is 14.9. The Balaban J connectivity index is 2.20. The highest BCUT2D eigenvalue weighted by molar-refractivity contribution is 5.20. The van der Waals surface area contributed by atoms with Gasteiger partial charge >= 0.3 is 0 Å². The van der Waals surface area contributed by atoms with E-state index in [1.807, 2.05) is 24.3 Å². The summed E-state index contributed by atoms with van der Waals surface area (Å²) < 4.78 is 0. The quantitative estimate of drug-likeness (QED) is 0.783. The molecule has 0 heterocycles. The zero-order valence-electron chi connectivity index (χ0n) is 12.4. The van der Waals surface area contributed by atoms with Crippen molar-refractivity contribution in [3.8, 4) is 0 Å². The third-order valence-electron chi connectivity index (χ3n) is 3.68. The summed E-state index contributed by atoms with van der Waals surface area (Å²) in [5.74, 6) is 0. The number of rotatable bonds is 8. The third kappa shape index (κ3) is 4.67. The van der Waals surface area contributed by atoms with Gasteiger partial charge in [0, 0.05) is 19.1 Å². The van der Waals surface area contributed by atoms with Crippen molar-refractivity contribution in [3.63, 3.8) is 0 Å². The molecule has 0 aromatic heterocycles. The van der Waals surface area contributed by atoms with Crippen molar-refractivity contribution in [1.29, 1.82) is 0 Å². The summed E-state index contributed by atoms with van der Waals surface area (Å²) in [6.45, 7) is 2.26. The van der Waals surface area contributed by atoms with Gasteiger partial charge in [-0.25, -0.2) is 0 Å². The topological polar surface area (TPSA) is 49.5 Å². The molecule has 0 radical (unpaired) electrons. The Morgan fingerprint density at radius 1 is 0.952 bits per heavy atom. The van der Waals surface area contributed by atoms with Crippen LogP contribution in [0, 0.1) is 0 Å². The van der Waals surface area contributed by atoms with E-state index in [4.69, 9.17) is 5.73 Å². The lowest BCUT2D eigenvalue weighted by Gasteiger charge is -2.31. The van der Waals surface area contributed by atoms with E-state index < -0.39 is 0 Å². The number of benzene rings is 2. The molecule has 0 aliphatic rings. The van der Waals surface area contributed by atoms with Crippen LogP contribution in [0.25, 0.3) is 0 Å². The van der Waals surface area contributed by atoms with E-state index in [-0.39, 0.29) is 12.6 Å². The maximum Gasteiger partial charge on any atom is 0.0558 e.